The number of anilines is 1. The first-order valence-corrected chi connectivity index (χ1v) is 11.2. The van der Waals surface area contributed by atoms with Gasteiger partial charge < -0.3 is 14.9 Å². The third kappa shape index (κ3) is 4.99. The molecule has 1 N–H and O–H groups in total. The average Bonchev–Trinajstić information content (AvgIpc) is 2.66. The molecule has 1 heterocycles. The maximum absolute atomic E-state index is 12.1. The van der Waals surface area contributed by atoms with Crippen LogP contribution < -0.4 is 4.90 Å². The molecular formula is C20H30N4O3S. The van der Waals surface area contributed by atoms with Crippen molar-refractivity contribution in [3.05, 3.63) is 36.5 Å². The topological polar surface area (TPSA) is 85.6 Å². The molecular weight excluding hydrogens is 376 g/mol. The molecule has 1 unspecified atom stereocenters. The number of aliphatic hydroxyl groups excluding tert-OH is 1. The van der Waals surface area contributed by atoms with Gasteiger partial charge in [-0.2, -0.15) is 0 Å². The Morgan fingerprint density at radius 2 is 2.11 bits per heavy atom. The summed E-state index contributed by atoms with van der Waals surface area (Å²) in [5.41, 5.74) is 1.26. The van der Waals surface area contributed by atoms with E-state index in [1.807, 2.05) is 13.0 Å². The first-order chi connectivity index (χ1) is 13.2. The molecule has 1 aromatic rings. The molecule has 0 aliphatic carbocycles. The van der Waals surface area contributed by atoms with Crippen LogP contribution >= 0.6 is 0 Å². The number of aliphatic imine (C=N–C) groups is 2. The predicted octanol–water partition coefficient (Wildman–Crippen LogP) is 2.32. The van der Waals surface area contributed by atoms with E-state index in [2.05, 4.69) is 40.2 Å². The normalized spacial score (nSPS) is 18.9. The molecule has 1 aliphatic rings. The minimum atomic E-state index is -3.42. The van der Waals surface area contributed by atoms with Crippen molar-refractivity contribution in [3.63, 3.8) is 0 Å². The Hall–Kier alpha value is -2.19. The average molecular weight is 407 g/mol. The van der Waals surface area contributed by atoms with E-state index in [1.165, 1.54) is 12.5 Å². The highest BCUT2D eigenvalue weighted by molar-refractivity contribution is 7.90. The molecule has 8 heteroatoms. The van der Waals surface area contributed by atoms with Gasteiger partial charge in [0.2, 0.25) is 5.96 Å². The van der Waals surface area contributed by atoms with Gasteiger partial charge in [0.15, 0.2) is 9.84 Å². The summed E-state index contributed by atoms with van der Waals surface area (Å²) in [5.74, 6) is 0.985. The fourth-order valence-electron chi connectivity index (χ4n) is 3.46. The quantitative estimate of drug-likeness (QED) is 0.599. The van der Waals surface area contributed by atoms with Crippen molar-refractivity contribution in [1.29, 1.82) is 0 Å². The van der Waals surface area contributed by atoms with Crippen LogP contribution in [-0.4, -0.2) is 62.5 Å². The SMILES string of the molecule is C=CN=C(N=CC)N1CCN(c2ccc(CO)c(S(C)(=O)=O)c2)CC1C(C)C. The number of benzene rings is 1. The van der Waals surface area contributed by atoms with Crippen LogP contribution in [0, 0.1) is 5.92 Å². The number of guanidine groups is 1. The second-order valence-electron chi connectivity index (χ2n) is 7.17. The van der Waals surface area contributed by atoms with Gasteiger partial charge in [-0.05, 0) is 30.5 Å². The van der Waals surface area contributed by atoms with Crippen molar-refractivity contribution in [1.82, 2.24) is 4.90 Å². The molecule has 0 radical (unpaired) electrons. The van der Waals surface area contributed by atoms with Gasteiger partial charge >= 0.3 is 0 Å². The fourth-order valence-corrected chi connectivity index (χ4v) is 4.40. The molecule has 1 aromatic carbocycles. The lowest BCUT2D eigenvalue weighted by atomic mass is 9.99. The van der Waals surface area contributed by atoms with Crippen LogP contribution in [0.3, 0.4) is 0 Å². The highest BCUT2D eigenvalue weighted by Crippen LogP contribution is 2.27. The predicted molar refractivity (Wildman–Crippen MR) is 115 cm³/mol. The molecule has 28 heavy (non-hydrogen) atoms. The Labute approximate surface area is 168 Å². The van der Waals surface area contributed by atoms with Crippen molar-refractivity contribution in [2.45, 2.75) is 38.3 Å². The van der Waals surface area contributed by atoms with Crippen LogP contribution in [-0.2, 0) is 16.4 Å². The first-order valence-electron chi connectivity index (χ1n) is 9.35. The summed E-state index contributed by atoms with van der Waals surface area (Å²) < 4.78 is 24.3. The molecule has 0 saturated carbocycles. The van der Waals surface area contributed by atoms with Crippen molar-refractivity contribution in [2.75, 3.05) is 30.8 Å². The Morgan fingerprint density at radius 3 is 2.64 bits per heavy atom. The maximum Gasteiger partial charge on any atom is 0.225 e. The van der Waals surface area contributed by atoms with Crippen molar-refractivity contribution in [3.8, 4) is 0 Å². The molecule has 1 fully saturated rings. The highest BCUT2D eigenvalue weighted by atomic mass is 32.2. The number of nitrogens with zero attached hydrogens (tertiary/aromatic N) is 4. The van der Waals surface area contributed by atoms with Gasteiger partial charge in [0.25, 0.3) is 0 Å². The lowest BCUT2D eigenvalue weighted by Crippen LogP contribution is -2.57. The van der Waals surface area contributed by atoms with Gasteiger partial charge in [0, 0.05) is 44.0 Å². The lowest BCUT2D eigenvalue weighted by molar-refractivity contribution is 0.223. The zero-order chi connectivity index (χ0) is 20.9. The van der Waals surface area contributed by atoms with Gasteiger partial charge in [-0.15, -0.1) is 0 Å². The number of aliphatic hydroxyl groups is 1. The second-order valence-corrected chi connectivity index (χ2v) is 9.16. The van der Waals surface area contributed by atoms with Crippen LogP contribution in [0.4, 0.5) is 5.69 Å². The zero-order valence-electron chi connectivity index (χ0n) is 17.0. The molecule has 1 atom stereocenters. The summed E-state index contributed by atoms with van der Waals surface area (Å²) in [6.07, 6.45) is 4.39. The fraction of sp³-hybridized carbons (Fsp3) is 0.500. The van der Waals surface area contributed by atoms with Crippen molar-refractivity contribution >= 4 is 27.7 Å². The maximum atomic E-state index is 12.1. The molecule has 2 rings (SSSR count). The zero-order valence-corrected chi connectivity index (χ0v) is 17.9. The van der Waals surface area contributed by atoms with E-state index in [9.17, 15) is 13.5 Å². The van der Waals surface area contributed by atoms with Gasteiger partial charge in [-0.1, -0.05) is 26.5 Å². The Balaban J connectivity index is 2.36. The van der Waals surface area contributed by atoms with Crippen LogP contribution in [0.2, 0.25) is 0 Å². The summed E-state index contributed by atoms with van der Waals surface area (Å²) in [5, 5.41) is 9.48. The standard InChI is InChI=1S/C20H30N4O3S/c1-6-21-20(22-7-2)24-11-10-23(13-18(24)15(3)4)17-9-8-16(14-25)19(12-17)28(5,26)27/h6-9,12,15,18,25H,1,10-11,13-14H2,2-5H3. The molecule has 0 spiro atoms. The second kappa shape index (κ2) is 9.34. The van der Waals surface area contributed by atoms with Gasteiger partial charge in [0.05, 0.1) is 17.5 Å². The number of hydrogen-bond donors (Lipinski definition) is 1. The van der Waals surface area contributed by atoms with E-state index in [0.29, 0.717) is 30.5 Å². The van der Waals surface area contributed by atoms with Crippen LogP contribution in [0.1, 0.15) is 26.3 Å². The number of piperazine rings is 1. The van der Waals surface area contributed by atoms with Crippen LogP contribution in [0.15, 0.2) is 45.9 Å². The number of hydrogen-bond acceptors (Lipinski definition) is 5. The molecule has 1 aliphatic heterocycles. The summed E-state index contributed by atoms with van der Waals surface area (Å²) in [6, 6.07) is 5.39. The smallest absolute Gasteiger partial charge is 0.225 e. The van der Waals surface area contributed by atoms with Gasteiger partial charge in [-0.25, -0.2) is 18.4 Å². The van der Waals surface area contributed by atoms with E-state index in [1.54, 1.807) is 18.3 Å². The van der Waals surface area contributed by atoms with E-state index < -0.39 is 9.84 Å². The molecule has 1 saturated heterocycles. The van der Waals surface area contributed by atoms with E-state index in [0.717, 1.165) is 12.2 Å². The third-order valence-electron chi connectivity index (χ3n) is 4.88. The summed E-state index contributed by atoms with van der Waals surface area (Å²) in [6.45, 7) is 11.7. The van der Waals surface area contributed by atoms with E-state index in [4.69, 9.17) is 0 Å². The monoisotopic (exact) mass is 406 g/mol. The third-order valence-corrected chi connectivity index (χ3v) is 6.06. The molecule has 154 valence electrons. The Morgan fingerprint density at radius 1 is 1.39 bits per heavy atom. The molecule has 0 amide bonds. The van der Waals surface area contributed by atoms with Gasteiger partial charge in [0.1, 0.15) is 0 Å². The lowest BCUT2D eigenvalue weighted by Gasteiger charge is -2.44. The number of sulfone groups is 1. The summed E-state index contributed by atoms with van der Waals surface area (Å²) >= 11 is 0. The Bertz CT molecular complexity index is 862. The van der Waals surface area contributed by atoms with Crippen molar-refractivity contribution < 1.29 is 13.5 Å². The van der Waals surface area contributed by atoms with E-state index in [-0.39, 0.29) is 17.5 Å². The molecule has 0 bridgehead atoms. The van der Waals surface area contributed by atoms with Gasteiger partial charge in [-0.3, -0.25) is 0 Å². The van der Waals surface area contributed by atoms with Crippen LogP contribution in [0.5, 0.6) is 0 Å². The highest BCUT2D eigenvalue weighted by Gasteiger charge is 2.31. The molecule has 7 nitrogen and oxygen atoms in total. The van der Waals surface area contributed by atoms with E-state index >= 15 is 0 Å². The number of rotatable bonds is 5. The Kier molecular flexibility index (Phi) is 7.37. The molecule has 0 aromatic heterocycles. The van der Waals surface area contributed by atoms with Crippen LogP contribution in [0.25, 0.3) is 0 Å². The van der Waals surface area contributed by atoms with Crippen molar-refractivity contribution in [2.24, 2.45) is 15.9 Å². The summed E-state index contributed by atoms with van der Waals surface area (Å²) in [7, 11) is -3.42. The minimum Gasteiger partial charge on any atom is -0.392 e. The minimum absolute atomic E-state index is 0.162. The summed E-state index contributed by atoms with van der Waals surface area (Å²) in [4.78, 5) is 13.3. The first kappa shape index (κ1) is 22.1. The largest absolute Gasteiger partial charge is 0.392 e.